The first-order valence-electron chi connectivity index (χ1n) is 9.67. The summed E-state index contributed by atoms with van der Waals surface area (Å²) in [4.78, 5) is 0. The van der Waals surface area contributed by atoms with Crippen molar-refractivity contribution in [3.63, 3.8) is 0 Å². The van der Waals surface area contributed by atoms with Crippen molar-refractivity contribution >= 4 is 0 Å². The fourth-order valence-electron chi connectivity index (χ4n) is 2.99. The van der Waals surface area contributed by atoms with Crippen LogP contribution in [-0.2, 0) is 6.42 Å². The van der Waals surface area contributed by atoms with E-state index in [4.69, 9.17) is 10.5 Å². The standard InChI is InChI=1S/C23H32FNO/c1-4-18-16-20(19-8-11-21(24)12-9-19)10-13-22(18)26-15-7-5-6-14-23(2,3)17-25/h8-13,16H,4-7,14-15,17,25H2,1-3H3. The van der Waals surface area contributed by atoms with Crippen LogP contribution in [0.1, 0.15) is 52.0 Å². The quantitative estimate of drug-likeness (QED) is 0.531. The van der Waals surface area contributed by atoms with Crippen molar-refractivity contribution in [2.75, 3.05) is 13.2 Å². The van der Waals surface area contributed by atoms with Crippen LogP contribution >= 0.6 is 0 Å². The van der Waals surface area contributed by atoms with E-state index in [1.54, 1.807) is 0 Å². The third kappa shape index (κ3) is 6.14. The van der Waals surface area contributed by atoms with Crippen molar-refractivity contribution in [2.45, 2.75) is 52.9 Å². The van der Waals surface area contributed by atoms with Gasteiger partial charge in [0.25, 0.3) is 0 Å². The topological polar surface area (TPSA) is 35.2 Å². The van der Waals surface area contributed by atoms with E-state index in [9.17, 15) is 4.39 Å². The van der Waals surface area contributed by atoms with Crippen molar-refractivity contribution in [3.8, 4) is 16.9 Å². The second-order valence-electron chi connectivity index (χ2n) is 7.71. The molecule has 3 heteroatoms. The molecule has 0 aliphatic heterocycles. The Morgan fingerprint density at radius 3 is 2.31 bits per heavy atom. The Hall–Kier alpha value is -1.87. The van der Waals surface area contributed by atoms with E-state index in [1.807, 2.05) is 24.3 Å². The van der Waals surface area contributed by atoms with E-state index >= 15 is 0 Å². The Bertz CT molecular complexity index is 679. The molecule has 26 heavy (non-hydrogen) atoms. The van der Waals surface area contributed by atoms with Gasteiger partial charge in [-0.3, -0.25) is 0 Å². The maximum Gasteiger partial charge on any atom is 0.123 e. The van der Waals surface area contributed by atoms with Crippen LogP contribution < -0.4 is 10.5 Å². The van der Waals surface area contributed by atoms with Gasteiger partial charge in [-0.2, -0.15) is 0 Å². The summed E-state index contributed by atoms with van der Waals surface area (Å²) in [6.07, 6.45) is 5.49. The van der Waals surface area contributed by atoms with Gasteiger partial charge < -0.3 is 10.5 Å². The Balaban J connectivity index is 1.87. The van der Waals surface area contributed by atoms with Crippen molar-refractivity contribution in [1.29, 1.82) is 0 Å². The fraction of sp³-hybridized carbons (Fsp3) is 0.478. The highest BCUT2D eigenvalue weighted by Crippen LogP contribution is 2.28. The van der Waals surface area contributed by atoms with Crippen LogP contribution in [0.25, 0.3) is 11.1 Å². The fourth-order valence-corrected chi connectivity index (χ4v) is 2.99. The largest absolute Gasteiger partial charge is 0.493 e. The molecule has 142 valence electrons. The van der Waals surface area contributed by atoms with Gasteiger partial charge in [-0.05, 0) is 72.2 Å². The second kappa shape index (κ2) is 9.72. The minimum Gasteiger partial charge on any atom is -0.493 e. The SMILES string of the molecule is CCc1cc(-c2ccc(F)cc2)ccc1OCCCCCC(C)(C)CN. The van der Waals surface area contributed by atoms with Gasteiger partial charge in [0.1, 0.15) is 11.6 Å². The molecule has 2 aromatic carbocycles. The van der Waals surface area contributed by atoms with Crippen LogP contribution in [-0.4, -0.2) is 13.2 Å². The maximum atomic E-state index is 13.1. The summed E-state index contributed by atoms with van der Waals surface area (Å²) in [5.74, 6) is 0.750. The van der Waals surface area contributed by atoms with E-state index in [0.29, 0.717) is 0 Å². The summed E-state index contributed by atoms with van der Waals surface area (Å²) < 4.78 is 19.1. The van der Waals surface area contributed by atoms with E-state index in [-0.39, 0.29) is 11.2 Å². The lowest BCUT2D eigenvalue weighted by atomic mass is 9.87. The molecule has 2 nitrogen and oxygen atoms in total. The third-order valence-electron chi connectivity index (χ3n) is 4.93. The lowest BCUT2D eigenvalue weighted by molar-refractivity contribution is 0.288. The Labute approximate surface area is 157 Å². The van der Waals surface area contributed by atoms with Gasteiger partial charge in [-0.15, -0.1) is 0 Å². The zero-order valence-electron chi connectivity index (χ0n) is 16.4. The lowest BCUT2D eigenvalue weighted by Gasteiger charge is -2.21. The molecule has 2 rings (SSSR count). The highest BCUT2D eigenvalue weighted by molar-refractivity contribution is 5.65. The number of ether oxygens (including phenoxy) is 1. The lowest BCUT2D eigenvalue weighted by Crippen LogP contribution is -2.23. The first-order valence-corrected chi connectivity index (χ1v) is 9.67. The number of unbranched alkanes of at least 4 members (excludes halogenated alkanes) is 2. The number of hydrogen-bond donors (Lipinski definition) is 1. The predicted molar refractivity (Wildman–Crippen MR) is 108 cm³/mol. The van der Waals surface area contributed by atoms with Crippen molar-refractivity contribution in [1.82, 2.24) is 0 Å². The Kier molecular flexibility index (Phi) is 7.65. The summed E-state index contributed by atoms with van der Waals surface area (Å²) in [5.41, 5.74) is 9.33. The van der Waals surface area contributed by atoms with Crippen LogP contribution in [0.3, 0.4) is 0 Å². The van der Waals surface area contributed by atoms with Gasteiger partial charge in [0, 0.05) is 0 Å². The molecule has 0 heterocycles. The number of nitrogens with two attached hydrogens (primary N) is 1. The Morgan fingerprint density at radius 1 is 0.962 bits per heavy atom. The van der Waals surface area contributed by atoms with Crippen LogP contribution in [0, 0.1) is 11.2 Å². The third-order valence-corrected chi connectivity index (χ3v) is 4.93. The molecule has 0 atom stereocenters. The summed E-state index contributed by atoms with van der Waals surface area (Å²) >= 11 is 0. The van der Waals surface area contributed by atoms with Gasteiger partial charge in [-0.25, -0.2) is 4.39 Å². The predicted octanol–water partition coefficient (Wildman–Crippen LogP) is 5.98. The normalized spacial score (nSPS) is 11.6. The molecular formula is C23H32FNO. The molecule has 0 aromatic heterocycles. The Morgan fingerprint density at radius 2 is 1.65 bits per heavy atom. The molecule has 0 saturated heterocycles. The highest BCUT2D eigenvalue weighted by Gasteiger charge is 2.14. The minimum atomic E-state index is -0.209. The first kappa shape index (κ1) is 20.4. The molecule has 0 bridgehead atoms. The van der Waals surface area contributed by atoms with Crippen LogP contribution in [0.2, 0.25) is 0 Å². The summed E-state index contributed by atoms with van der Waals surface area (Å²) in [6, 6.07) is 12.8. The molecular weight excluding hydrogens is 325 g/mol. The van der Waals surface area contributed by atoms with E-state index < -0.39 is 0 Å². The highest BCUT2D eigenvalue weighted by atomic mass is 19.1. The molecule has 0 aliphatic rings. The van der Waals surface area contributed by atoms with Crippen LogP contribution in [0.5, 0.6) is 5.75 Å². The molecule has 0 radical (unpaired) electrons. The molecule has 0 aliphatic carbocycles. The first-order chi connectivity index (χ1) is 12.4. The van der Waals surface area contributed by atoms with Gasteiger partial charge in [-0.1, -0.05) is 51.8 Å². The molecule has 0 saturated carbocycles. The monoisotopic (exact) mass is 357 g/mol. The number of halogens is 1. The van der Waals surface area contributed by atoms with Gasteiger partial charge in [0.2, 0.25) is 0 Å². The molecule has 0 amide bonds. The van der Waals surface area contributed by atoms with E-state index in [1.165, 1.54) is 30.5 Å². The van der Waals surface area contributed by atoms with E-state index in [2.05, 4.69) is 26.8 Å². The second-order valence-corrected chi connectivity index (χ2v) is 7.71. The molecule has 0 unspecified atom stereocenters. The molecule has 2 N–H and O–H groups in total. The van der Waals surface area contributed by atoms with Crippen molar-refractivity contribution in [3.05, 3.63) is 53.8 Å². The molecule has 0 fully saturated rings. The zero-order chi connectivity index (χ0) is 19.0. The maximum absolute atomic E-state index is 13.1. The van der Waals surface area contributed by atoms with Gasteiger partial charge in [0.15, 0.2) is 0 Å². The average molecular weight is 358 g/mol. The van der Waals surface area contributed by atoms with Crippen molar-refractivity contribution in [2.24, 2.45) is 11.1 Å². The van der Waals surface area contributed by atoms with Gasteiger partial charge >= 0.3 is 0 Å². The minimum absolute atomic E-state index is 0.209. The molecule has 2 aromatic rings. The summed E-state index contributed by atoms with van der Waals surface area (Å²) in [7, 11) is 0. The molecule has 0 spiro atoms. The van der Waals surface area contributed by atoms with Crippen LogP contribution in [0.15, 0.2) is 42.5 Å². The van der Waals surface area contributed by atoms with E-state index in [0.717, 1.165) is 49.3 Å². The van der Waals surface area contributed by atoms with Crippen molar-refractivity contribution < 1.29 is 9.13 Å². The average Bonchev–Trinajstić information content (AvgIpc) is 2.65. The smallest absolute Gasteiger partial charge is 0.123 e. The number of aryl methyl sites for hydroxylation is 1. The number of benzene rings is 2. The van der Waals surface area contributed by atoms with Crippen LogP contribution in [0.4, 0.5) is 4.39 Å². The number of rotatable bonds is 10. The summed E-state index contributed by atoms with van der Waals surface area (Å²) in [6.45, 7) is 8.06. The van der Waals surface area contributed by atoms with Gasteiger partial charge in [0.05, 0.1) is 6.61 Å². The number of hydrogen-bond acceptors (Lipinski definition) is 2. The summed E-state index contributed by atoms with van der Waals surface area (Å²) in [5, 5.41) is 0. The zero-order valence-corrected chi connectivity index (χ0v) is 16.4.